The third kappa shape index (κ3) is 23.3. The van der Waals surface area contributed by atoms with E-state index >= 15 is 0 Å². The van der Waals surface area contributed by atoms with Crippen molar-refractivity contribution in [2.75, 3.05) is 0 Å². The number of thiophene rings is 4. The average Bonchev–Trinajstić information content (AvgIpc) is 4.14. The number of hydrogen-bond acceptors (Lipinski definition) is 4. The van der Waals surface area contributed by atoms with Crippen molar-refractivity contribution in [3.63, 3.8) is 0 Å². The molecule has 0 radical (unpaired) electrons. The molecule has 0 aliphatic rings. The van der Waals surface area contributed by atoms with E-state index in [2.05, 4.69) is 139 Å². The molecule has 4 aromatic rings. The molecule has 4 heterocycles. The summed E-state index contributed by atoms with van der Waals surface area (Å²) in [5.41, 5.74) is 3.39. The van der Waals surface area contributed by atoms with Gasteiger partial charge in [0.25, 0.3) is 0 Å². The molecule has 0 aromatic carbocycles. The fraction of sp³-hybridized carbons (Fsp3) is 0.742. The van der Waals surface area contributed by atoms with E-state index in [1.165, 1.54) is 238 Å². The Kier molecular flexibility index (Phi) is 31.2. The first-order chi connectivity index (χ1) is 32.9. The Labute approximate surface area is 447 Å². The minimum absolute atomic E-state index is 0.824. The van der Waals surface area contributed by atoms with Crippen LogP contribution >= 0.6 is 45.3 Å². The van der Waals surface area contributed by atoms with Gasteiger partial charge in [0.05, 0.1) is 0 Å². The van der Waals surface area contributed by atoms with Crippen LogP contribution in [0, 0.1) is 11.8 Å². The van der Waals surface area contributed by atoms with Crippen LogP contribution in [0.1, 0.15) is 244 Å². The van der Waals surface area contributed by atoms with Gasteiger partial charge in [-0.25, -0.2) is 0 Å². The number of rotatable bonds is 41. The van der Waals surface area contributed by atoms with Crippen LogP contribution in [0.5, 0.6) is 0 Å². The van der Waals surface area contributed by atoms with Crippen molar-refractivity contribution in [1.29, 1.82) is 0 Å². The Morgan fingerprint density at radius 1 is 0.324 bits per heavy atom. The van der Waals surface area contributed by atoms with Crippen LogP contribution in [-0.2, 0) is 12.8 Å². The van der Waals surface area contributed by atoms with E-state index in [0.717, 1.165) is 11.8 Å². The summed E-state index contributed by atoms with van der Waals surface area (Å²) in [7, 11) is 0. The van der Waals surface area contributed by atoms with Crippen molar-refractivity contribution >= 4 is 87.9 Å². The van der Waals surface area contributed by atoms with Crippen molar-refractivity contribution in [1.82, 2.24) is 0 Å². The molecule has 0 bridgehead atoms. The summed E-state index contributed by atoms with van der Waals surface area (Å²) in [5, 5.41) is 0. The van der Waals surface area contributed by atoms with Crippen molar-refractivity contribution in [2.24, 2.45) is 11.8 Å². The van der Waals surface area contributed by atoms with Gasteiger partial charge < -0.3 is 0 Å². The van der Waals surface area contributed by atoms with Gasteiger partial charge >= 0.3 is 399 Å². The molecule has 0 spiro atoms. The topological polar surface area (TPSA) is 0 Å². The molecule has 0 N–H and O–H groups in total. The summed E-state index contributed by atoms with van der Waals surface area (Å²) < 4.78 is 3.54. The monoisotopic (exact) mass is 1220 g/mol. The van der Waals surface area contributed by atoms with Crippen molar-refractivity contribution in [3.8, 4) is 29.3 Å². The normalized spacial score (nSPS) is 13.3. The van der Waals surface area contributed by atoms with Crippen LogP contribution in [0.15, 0.2) is 36.4 Å². The fourth-order valence-electron chi connectivity index (χ4n) is 10.4. The molecule has 0 aliphatic heterocycles. The summed E-state index contributed by atoms with van der Waals surface area (Å²) >= 11 is 4.04. The zero-order chi connectivity index (χ0) is 49.0. The van der Waals surface area contributed by atoms with Crippen molar-refractivity contribution in [2.45, 2.75) is 276 Å². The molecule has 386 valence electrons. The Morgan fingerprint density at radius 2 is 0.574 bits per heavy atom. The van der Waals surface area contributed by atoms with E-state index in [1.54, 1.807) is 26.7 Å². The molecule has 0 saturated heterocycles. The summed E-state index contributed by atoms with van der Waals surface area (Å²) in [4.78, 5) is 25.1. The summed E-state index contributed by atoms with van der Waals surface area (Å²) in [6, 6.07) is 15.5. The number of unbranched alkanes of at least 4 members (excludes halogenated alkanes) is 24. The second kappa shape index (κ2) is 34.8. The van der Waals surface area contributed by atoms with Gasteiger partial charge in [-0.15, -0.1) is 0 Å². The van der Waals surface area contributed by atoms with Crippen molar-refractivity contribution in [3.05, 3.63) is 47.5 Å². The number of hydrogen-bond donors (Lipinski definition) is 0. The van der Waals surface area contributed by atoms with E-state index in [1.807, 2.05) is 0 Å². The van der Waals surface area contributed by atoms with E-state index in [4.69, 9.17) is 0 Å². The second-order valence-electron chi connectivity index (χ2n) is 23.5. The molecule has 0 fully saturated rings. The van der Waals surface area contributed by atoms with Gasteiger partial charge in [0.2, 0.25) is 0 Å². The van der Waals surface area contributed by atoms with Gasteiger partial charge in [0.1, 0.15) is 0 Å². The molecule has 6 heteroatoms. The molecule has 4 rings (SSSR count). The molecule has 68 heavy (non-hydrogen) atoms. The third-order valence-corrected chi connectivity index (χ3v) is 38.8. The molecular weight excluding hydrogens is 1110 g/mol. The fourth-order valence-corrected chi connectivity index (χ4v) is 25.7. The SMILES string of the molecule is CCCCCCCCCCC(CCCCCCCC)Cc1c[c]([Sn]([CH3])([CH3])[CH3])sc1-c1ccc(-c2ccc(-c3s[c]([Sn]([CH3])([CH3])[CH3])cc3CC(CCCCCCCC)CCCCCCCCCC)s2)s1. The molecule has 2 unspecified atom stereocenters. The first-order valence-corrected chi connectivity index (χ1v) is 52.6. The first-order valence-electron chi connectivity index (χ1n) is 29.3. The van der Waals surface area contributed by atoms with Crippen LogP contribution in [-0.4, -0.2) is 36.8 Å². The van der Waals surface area contributed by atoms with E-state index in [0.29, 0.717) is 0 Å². The van der Waals surface area contributed by atoms with Crippen LogP contribution in [0.25, 0.3) is 29.3 Å². The summed E-state index contributed by atoms with van der Waals surface area (Å²) in [6.07, 6.45) is 48.0. The van der Waals surface area contributed by atoms with E-state index in [-0.39, 0.29) is 0 Å². The molecule has 0 saturated carbocycles. The zero-order valence-corrected chi connectivity index (χ0v) is 55.3. The Hall–Kier alpha value is 0.397. The van der Waals surface area contributed by atoms with Gasteiger partial charge in [0, 0.05) is 0 Å². The molecule has 4 aromatic heterocycles. The van der Waals surface area contributed by atoms with Gasteiger partial charge in [-0.3, -0.25) is 0 Å². The first kappa shape index (κ1) is 60.9. The van der Waals surface area contributed by atoms with E-state index < -0.39 is 36.8 Å². The average molecular weight is 1220 g/mol. The molecular formula is C62H106S4Sn2. The standard InChI is InChI=1S/C56H88S4.6CH3.2Sn/c1-5-9-13-17-21-23-27-31-35-47(33-29-25-19-15-11-7-3)45-49-41-43-57-55(49)53-39-37-51(59-53)52-38-40-54(60-52)56-50(42-44-58-56)46-48(34-30-26-20-16-12-8-4)36-32-28-24-22-18-14-10-6-2;;;;;;;;/h37-42,47-48H,5-36,45-46H2,1-4H3;6*1H3;;. The van der Waals surface area contributed by atoms with Gasteiger partial charge in [-0.2, -0.15) is 0 Å². The molecule has 2 atom stereocenters. The predicted molar refractivity (Wildman–Crippen MR) is 325 cm³/mol. The maximum absolute atomic E-state index is 2.74. The molecule has 0 nitrogen and oxygen atoms in total. The van der Waals surface area contributed by atoms with Crippen LogP contribution in [0.3, 0.4) is 0 Å². The minimum atomic E-state index is -2.27. The predicted octanol–water partition coefficient (Wildman–Crippen LogP) is 22.9. The molecule has 0 amide bonds. The second-order valence-corrected chi connectivity index (χ2v) is 58.6. The maximum atomic E-state index is 2.74. The Bertz CT molecular complexity index is 1720. The zero-order valence-electron chi connectivity index (χ0n) is 46.3. The van der Waals surface area contributed by atoms with Crippen LogP contribution in [0.4, 0.5) is 0 Å². The molecule has 0 aliphatic carbocycles. The quantitative estimate of drug-likeness (QED) is 0.0307. The Morgan fingerprint density at radius 3 is 0.838 bits per heavy atom. The Balaban J connectivity index is 1.54. The summed E-state index contributed by atoms with van der Waals surface area (Å²) in [5.74, 6) is 1.65. The summed E-state index contributed by atoms with van der Waals surface area (Å²) in [6.45, 7) is 9.36. The van der Waals surface area contributed by atoms with Crippen LogP contribution < -0.4 is 5.79 Å². The van der Waals surface area contributed by atoms with E-state index in [9.17, 15) is 0 Å². The third-order valence-electron chi connectivity index (χ3n) is 14.9. The van der Waals surface area contributed by atoms with Crippen molar-refractivity contribution < 1.29 is 0 Å². The van der Waals surface area contributed by atoms with Gasteiger partial charge in [-0.05, 0) is 0 Å². The van der Waals surface area contributed by atoms with Gasteiger partial charge in [0.15, 0.2) is 0 Å². The van der Waals surface area contributed by atoms with Gasteiger partial charge in [-0.1, -0.05) is 53.4 Å². The van der Waals surface area contributed by atoms with Crippen LogP contribution in [0.2, 0.25) is 29.6 Å².